The molecule has 134 valence electrons. The Bertz CT molecular complexity index is 913. The van der Waals surface area contributed by atoms with Crippen LogP contribution in [0.2, 0.25) is 0 Å². The smallest absolute Gasteiger partial charge is 0.140 e. The second kappa shape index (κ2) is 6.97. The maximum atomic E-state index is 4.64. The lowest BCUT2D eigenvalue weighted by molar-refractivity contribution is -0.929. The normalized spacial score (nSPS) is 17.3. The predicted octanol–water partition coefficient (Wildman–Crippen LogP) is 2.39. The van der Waals surface area contributed by atoms with Crippen molar-refractivity contribution in [3.05, 3.63) is 89.7 Å². The summed E-state index contributed by atoms with van der Waals surface area (Å²) in [7, 11) is 0. The highest BCUT2D eigenvalue weighted by Crippen LogP contribution is 2.41. The van der Waals surface area contributed by atoms with E-state index < -0.39 is 0 Å². The van der Waals surface area contributed by atoms with Crippen LogP contribution in [0.1, 0.15) is 22.9 Å². The lowest BCUT2D eigenvalue weighted by Gasteiger charge is -2.34. The summed E-state index contributed by atoms with van der Waals surface area (Å²) in [5.41, 5.74) is 6.66. The molecule has 0 spiro atoms. The number of hydrazone groups is 1. The van der Waals surface area contributed by atoms with E-state index in [4.69, 9.17) is 0 Å². The van der Waals surface area contributed by atoms with E-state index in [1.165, 1.54) is 22.3 Å². The summed E-state index contributed by atoms with van der Waals surface area (Å²) < 4.78 is 0. The molecule has 0 bridgehead atoms. The predicted molar refractivity (Wildman–Crippen MR) is 108 cm³/mol. The molecule has 4 heteroatoms. The summed E-state index contributed by atoms with van der Waals surface area (Å²) in [5.74, 6) is 0. The molecule has 1 fully saturated rings. The summed E-state index contributed by atoms with van der Waals surface area (Å²) in [6, 6.07) is 24.1. The Balaban J connectivity index is 1.33. The molecule has 4 nitrogen and oxygen atoms in total. The highest BCUT2D eigenvalue weighted by atomic mass is 15.5. The number of nitrogens with zero attached hydrogens (tertiary/aromatic N) is 3. The SMILES string of the molecule is C(=N/N1CC[NH+](C2c3ccccc3-c3ccccc32)CC1)/c1ccccn1. The van der Waals surface area contributed by atoms with Crippen LogP contribution in [-0.2, 0) is 0 Å². The molecule has 3 aromatic rings. The summed E-state index contributed by atoms with van der Waals surface area (Å²) in [4.78, 5) is 5.95. The molecule has 1 N–H and O–H groups in total. The van der Waals surface area contributed by atoms with Crippen LogP contribution >= 0.6 is 0 Å². The maximum Gasteiger partial charge on any atom is 0.140 e. The van der Waals surface area contributed by atoms with Gasteiger partial charge in [0.05, 0.1) is 38.1 Å². The molecule has 5 rings (SSSR count). The number of rotatable bonds is 3. The number of aromatic nitrogens is 1. The van der Waals surface area contributed by atoms with Crippen LogP contribution in [0.5, 0.6) is 0 Å². The Kier molecular flexibility index (Phi) is 4.18. The van der Waals surface area contributed by atoms with Crippen molar-refractivity contribution in [3.63, 3.8) is 0 Å². The first-order valence-electron chi connectivity index (χ1n) is 9.63. The van der Waals surface area contributed by atoms with E-state index in [2.05, 4.69) is 63.6 Å². The minimum absolute atomic E-state index is 0.444. The maximum absolute atomic E-state index is 4.64. The minimum Gasteiger partial charge on any atom is -0.322 e. The monoisotopic (exact) mass is 355 g/mol. The van der Waals surface area contributed by atoms with Gasteiger partial charge in [0.25, 0.3) is 0 Å². The topological polar surface area (TPSA) is 32.9 Å². The molecular weight excluding hydrogens is 332 g/mol. The molecule has 0 saturated carbocycles. The van der Waals surface area contributed by atoms with Crippen LogP contribution in [0.25, 0.3) is 11.1 Å². The van der Waals surface area contributed by atoms with E-state index >= 15 is 0 Å². The largest absolute Gasteiger partial charge is 0.322 e. The number of hydrogen-bond donors (Lipinski definition) is 1. The van der Waals surface area contributed by atoms with Crippen LogP contribution in [-0.4, -0.2) is 42.4 Å². The summed E-state index contributed by atoms with van der Waals surface area (Å²) in [6.45, 7) is 4.12. The van der Waals surface area contributed by atoms with Crippen LogP contribution < -0.4 is 4.90 Å². The first kappa shape index (κ1) is 16.2. The first-order chi connectivity index (χ1) is 13.4. The van der Waals surface area contributed by atoms with Crippen LogP contribution in [0.4, 0.5) is 0 Å². The number of fused-ring (bicyclic) bond motifs is 3. The molecule has 1 aromatic heterocycles. The molecule has 0 radical (unpaired) electrons. The number of hydrogen-bond acceptors (Lipinski definition) is 3. The van der Waals surface area contributed by atoms with Gasteiger partial charge in [0, 0.05) is 17.3 Å². The Labute approximate surface area is 159 Å². The van der Waals surface area contributed by atoms with Crippen molar-refractivity contribution >= 4 is 6.21 Å². The van der Waals surface area contributed by atoms with E-state index in [1.807, 2.05) is 24.4 Å². The Morgan fingerprint density at radius 1 is 0.852 bits per heavy atom. The lowest BCUT2D eigenvalue weighted by Crippen LogP contribution is -3.14. The fraction of sp³-hybridized carbons (Fsp3) is 0.217. The quantitative estimate of drug-likeness (QED) is 0.732. The molecule has 2 heterocycles. The highest BCUT2D eigenvalue weighted by molar-refractivity contribution is 5.78. The van der Waals surface area contributed by atoms with E-state index in [1.54, 1.807) is 11.1 Å². The summed E-state index contributed by atoms with van der Waals surface area (Å²) in [6.07, 6.45) is 3.67. The fourth-order valence-corrected chi connectivity index (χ4v) is 4.37. The van der Waals surface area contributed by atoms with Crippen molar-refractivity contribution in [1.82, 2.24) is 9.99 Å². The van der Waals surface area contributed by atoms with E-state index in [-0.39, 0.29) is 0 Å². The molecule has 2 aromatic carbocycles. The number of piperazine rings is 1. The minimum atomic E-state index is 0.444. The first-order valence-corrected chi connectivity index (χ1v) is 9.63. The van der Waals surface area contributed by atoms with Gasteiger partial charge in [-0.3, -0.25) is 9.99 Å². The van der Waals surface area contributed by atoms with Gasteiger partial charge < -0.3 is 4.90 Å². The molecule has 0 unspecified atom stereocenters. The van der Waals surface area contributed by atoms with Crippen molar-refractivity contribution < 1.29 is 4.90 Å². The molecular formula is C23H23N4+. The number of pyridine rings is 1. The van der Waals surface area contributed by atoms with Gasteiger partial charge in [-0.2, -0.15) is 5.10 Å². The molecule has 1 aliphatic carbocycles. The van der Waals surface area contributed by atoms with E-state index in [9.17, 15) is 0 Å². The average molecular weight is 355 g/mol. The van der Waals surface area contributed by atoms with Crippen molar-refractivity contribution in [1.29, 1.82) is 0 Å². The third kappa shape index (κ3) is 3.02. The number of benzene rings is 2. The molecule has 2 aliphatic rings. The zero-order valence-electron chi connectivity index (χ0n) is 15.3. The average Bonchev–Trinajstić information content (AvgIpc) is 3.08. The van der Waals surface area contributed by atoms with Crippen LogP contribution in [0.15, 0.2) is 78.0 Å². The molecule has 1 aliphatic heterocycles. The second-order valence-electron chi connectivity index (χ2n) is 7.22. The van der Waals surface area contributed by atoms with Crippen molar-refractivity contribution in [3.8, 4) is 11.1 Å². The highest BCUT2D eigenvalue weighted by Gasteiger charge is 2.37. The molecule has 1 saturated heterocycles. The third-order valence-electron chi connectivity index (χ3n) is 5.67. The van der Waals surface area contributed by atoms with Gasteiger partial charge in [0.15, 0.2) is 0 Å². The van der Waals surface area contributed by atoms with Gasteiger partial charge in [0.1, 0.15) is 6.04 Å². The van der Waals surface area contributed by atoms with Crippen LogP contribution in [0, 0.1) is 0 Å². The summed E-state index contributed by atoms with van der Waals surface area (Å²) in [5, 5.41) is 6.81. The zero-order valence-corrected chi connectivity index (χ0v) is 15.3. The third-order valence-corrected chi connectivity index (χ3v) is 5.67. The Hall–Kier alpha value is -2.98. The van der Waals surface area contributed by atoms with Gasteiger partial charge in [-0.1, -0.05) is 54.6 Å². The molecule has 27 heavy (non-hydrogen) atoms. The van der Waals surface area contributed by atoms with Gasteiger partial charge in [-0.05, 0) is 23.3 Å². The van der Waals surface area contributed by atoms with Crippen LogP contribution in [0.3, 0.4) is 0 Å². The zero-order chi connectivity index (χ0) is 18.1. The second-order valence-corrected chi connectivity index (χ2v) is 7.22. The molecule has 0 atom stereocenters. The van der Waals surface area contributed by atoms with Gasteiger partial charge in [-0.15, -0.1) is 0 Å². The van der Waals surface area contributed by atoms with Gasteiger partial charge in [-0.25, -0.2) is 0 Å². The lowest BCUT2D eigenvalue weighted by atomic mass is 10.0. The van der Waals surface area contributed by atoms with E-state index in [0.717, 1.165) is 31.9 Å². The Morgan fingerprint density at radius 2 is 1.48 bits per heavy atom. The van der Waals surface area contributed by atoms with E-state index in [0.29, 0.717) is 6.04 Å². The van der Waals surface area contributed by atoms with Gasteiger partial charge >= 0.3 is 0 Å². The van der Waals surface area contributed by atoms with Gasteiger partial charge in [0.2, 0.25) is 0 Å². The fourth-order valence-electron chi connectivity index (χ4n) is 4.37. The van der Waals surface area contributed by atoms with Crippen molar-refractivity contribution in [2.24, 2.45) is 5.10 Å². The standard InChI is InChI=1S/C23H22N4/c1-3-10-21-19(8-1)20-9-2-4-11-22(20)23(21)26-13-15-27(16-14-26)25-17-18-7-5-6-12-24-18/h1-12,17,23H,13-16H2/p+1/b25-17-. The van der Waals surface area contributed by atoms with Crippen molar-refractivity contribution in [2.45, 2.75) is 6.04 Å². The molecule has 0 amide bonds. The summed E-state index contributed by atoms with van der Waals surface area (Å²) >= 11 is 0. The number of quaternary nitrogens is 1. The Morgan fingerprint density at radius 3 is 2.11 bits per heavy atom. The number of nitrogens with one attached hydrogen (secondary N) is 1. The van der Waals surface area contributed by atoms with Crippen molar-refractivity contribution in [2.75, 3.05) is 26.2 Å².